The van der Waals surface area contributed by atoms with Crippen molar-refractivity contribution in [3.8, 4) is 0 Å². The molecule has 388 valence electrons. The first-order valence-corrected chi connectivity index (χ1v) is 24.5. The van der Waals surface area contributed by atoms with E-state index in [1.807, 2.05) is 13.8 Å². The summed E-state index contributed by atoms with van der Waals surface area (Å²) in [5.74, 6) is -6.00. The lowest BCUT2D eigenvalue weighted by Gasteiger charge is -2.31. The number of carboxylic acids is 1. The quantitative estimate of drug-likeness (QED) is 0.0196. The second-order valence-electron chi connectivity index (χ2n) is 18.7. The van der Waals surface area contributed by atoms with E-state index in [0.717, 1.165) is 0 Å². The number of amides is 7. The summed E-state index contributed by atoms with van der Waals surface area (Å²) in [4.78, 5) is 116. The lowest BCUT2D eigenvalue weighted by Crippen LogP contribution is -2.60. The summed E-state index contributed by atoms with van der Waals surface area (Å²) in [6.45, 7) is 8.95. The third-order valence-corrected chi connectivity index (χ3v) is 12.3. The smallest absolute Gasteiger partial charge is 0.326 e. The molecule has 0 unspecified atom stereocenters. The number of hydrogen-bond acceptors (Lipinski definition) is 13. The number of carbonyl (C=O) groups is 8. The zero-order valence-corrected chi connectivity index (χ0v) is 40.8. The highest BCUT2D eigenvalue weighted by molar-refractivity contribution is 5.97. The highest BCUT2D eigenvalue weighted by atomic mass is 16.4. The number of unbranched alkanes of at least 4 members (excludes halogenated alkanes) is 3. The SMILES string of the molecule is CC(C)C[C@H](NC(=O)[C@H](CCCCN)NC(=O)[C@H](CCCN=C(N)N)NC(=O)[C@H](CCCCN)NC(=O)[C@@H]1CCCN1C(=O)[C@@H](N)CCCCN)C(=O)N[C@H](C(=O)N1CCC[C@H]1C(=O)O)C(C)C. The summed E-state index contributed by atoms with van der Waals surface area (Å²) in [6.07, 6.45) is 6.14. The van der Waals surface area contributed by atoms with Crippen molar-refractivity contribution >= 4 is 53.3 Å². The van der Waals surface area contributed by atoms with Crippen LogP contribution < -0.4 is 61.0 Å². The molecule has 0 spiro atoms. The molecule has 0 saturated carbocycles. The number of carbonyl (C=O) groups excluding carboxylic acids is 7. The first kappa shape index (κ1) is 59.0. The van der Waals surface area contributed by atoms with Crippen molar-refractivity contribution in [3.63, 3.8) is 0 Å². The number of likely N-dealkylation sites (tertiary alicyclic amines) is 2. The van der Waals surface area contributed by atoms with E-state index in [1.165, 1.54) is 9.80 Å². The second-order valence-corrected chi connectivity index (χ2v) is 18.7. The van der Waals surface area contributed by atoms with Crippen LogP contribution in [0.25, 0.3) is 0 Å². The van der Waals surface area contributed by atoms with Crippen molar-refractivity contribution in [2.24, 2.45) is 51.2 Å². The van der Waals surface area contributed by atoms with E-state index >= 15 is 0 Å². The van der Waals surface area contributed by atoms with Gasteiger partial charge in [0.1, 0.15) is 42.3 Å². The number of hydrogen-bond donors (Lipinski definition) is 12. The van der Waals surface area contributed by atoms with E-state index in [9.17, 15) is 43.5 Å². The van der Waals surface area contributed by atoms with Crippen LogP contribution in [0.5, 0.6) is 0 Å². The van der Waals surface area contributed by atoms with Gasteiger partial charge in [-0.25, -0.2) is 4.79 Å². The highest BCUT2D eigenvalue weighted by Crippen LogP contribution is 2.22. The van der Waals surface area contributed by atoms with E-state index in [-0.39, 0.29) is 63.0 Å². The Bertz CT molecular complexity index is 1680. The molecule has 2 aliphatic heterocycles. The fourth-order valence-electron chi connectivity index (χ4n) is 8.46. The van der Waals surface area contributed by atoms with Crippen molar-refractivity contribution in [1.29, 1.82) is 0 Å². The predicted octanol–water partition coefficient (Wildman–Crippen LogP) is -2.05. The molecule has 0 bridgehead atoms. The topological polar surface area (TPSA) is 392 Å². The molecule has 0 aromatic heterocycles. The Balaban J connectivity index is 2.38. The van der Waals surface area contributed by atoms with Gasteiger partial charge in [-0.3, -0.25) is 38.6 Å². The molecule has 2 heterocycles. The fraction of sp³-hybridized carbons (Fsp3) is 0.800. The Morgan fingerprint density at radius 1 is 0.588 bits per heavy atom. The minimum absolute atomic E-state index is 0.0185. The second kappa shape index (κ2) is 31.1. The van der Waals surface area contributed by atoms with E-state index in [2.05, 4.69) is 31.6 Å². The van der Waals surface area contributed by atoms with Crippen LogP contribution >= 0.6 is 0 Å². The van der Waals surface area contributed by atoms with E-state index < -0.39 is 95.7 Å². The maximum absolute atomic E-state index is 14.3. The highest BCUT2D eigenvalue weighted by Gasteiger charge is 2.41. The van der Waals surface area contributed by atoms with Gasteiger partial charge in [0.15, 0.2) is 5.96 Å². The Morgan fingerprint density at radius 3 is 1.50 bits per heavy atom. The molecular formula is C45H84N14O9. The predicted molar refractivity (Wildman–Crippen MR) is 258 cm³/mol. The Hall–Kier alpha value is -5.13. The van der Waals surface area contributed by atoms with E-state index in [1.54, 1.807) is 13.8 Å². The lowest BCUT2D eigenvalue weighted by atomic mass is 9.98. The van der Waals surface area contributed by atoms with Gasteiger partial charge >= 0.3 is 5.97 Å². The summed E-state index contributed by atoms with van der Waals surface area (Å²) in [5, 5.41) is 23.6. The molecule has 2 aliphatic rings. The summed E-state index contributed by atoms with van der Waals surface area (Å²) in [7, 11) is 0. The Morgan fingerprint density at radius 2 is 1.03 bits per heavy atom. The molecule has 0 radical (unpaired) electrons. The van der Waals surface area contributed by atoms with Crippen molar-refractivity contribution in [2.75, 3.05) is 39.3 Å². The molecule has 2 rings (SSSR count). The Labute approximate surface area is 401 Å². The first-order chi connectivity index (χ1) is 32.3. The molecule has 23 nitrogen and oxygen atoms in total. The monoisotopic (exact) mass is 965 g/mol. The first-order valence-electron chi connectivity index (χ1n) is 24.5. The number of rotatable bonds is 32. The van der Waals surface area contributed by atoms with Gasteiger partial charge in [-0.15, -0.1) is 0 Å². The summed E-state index contributed by atoms with van der Waals surface area (Å²) in [6, 6.07) is -8.47. The average molecular weight is 965 g/mol. The van der Waals surface area contributed by atoms with Crippen molar-refractivity contribution in [2.45, 2.75) is 179 Å². The van der Waals surface area contributed by atoms with Crippen LogP contribution in [0.15, 0.2) is 4.99 Å². The maximum atomic E-state index is 14.3. The molecule has 8 atom stereocenters. The minimum Gasteiger partial charge on any atom is -0.480 e. The summed E-state index contributed by atoms with van der Waals surface area (Å²) >= 11 is 0. The molecule has 18 N–H and O–H groups in total. The largest absolute Gasteiger partial charge is 0.480 e. The molecule has 0 aromatic rings. The number of carboxylic acid groups (broad SMARTS) is 1. The normalized spacial score (nSPS) is 18.5. The third kappa shape index (κ3) is 19.8. The zero-order chi connectivity index (χ0) is 50.9. The van der Waals surface area contributed by atoms with Crippen LogP contribution in [0.2, 0.25) is 0 Å². The third-order valence-electron chi connectivity index (χ3n) is 12.3. The minimum atomic E-state index is -1.25. The molecule has 7 amide bonds. The van der Waals surface area contributed by atoms with Gasteiger partial charge in [-0.1, -0.05) is 34.1 Å². The van der Waals surface area contributed by atoms with Crippen LogP contribution in [-0.4, -0.2) is 156 Å². The standard InChI is InChI=1S/C45H84N14O9/c1-27(2)26-33(40(63)57-36(28(3)4)43(66)59-25-13-19-35(59)44(67)68)56-39(62)30(15-6-9-21-47)53-38(61)32(17-11-23-52-45(50)51)54-37(60)31(16-7-10-22-48)55-41(64)34-18-12-24-58(34)42(65)29(49)14-5-8-20-46/h27-36H,5-26,46-49H2,1-4H3,(H,53,61)(H,54,60)(H,55,64)(H,56,62)(H,57,63)(H,67,68)(H4,50,51,52)/t29-,30-,31-,32-,33-,34-,35-,36-/m0/s1. The van der Waals surface area contributed by atoms with Crippen LogP contribution in [0.4, 0.5) is 0 Å². The Kier molecular flexibility index (Phi) is 27.0. The van der Waals surface area contributed by atoms with Crippen LogP contribution in [0.3, 0.4) is 0 Å². The van der Waals surface area contributed by atoms with Crippen LogP contribution in [0.1, 0.15) is 130 Å². The van der Waals surface area contributed by atoms with Crippen LogP contribution in [0, 0.1) is 11.8 Å². The molecule has 2 saturated heterocycles. The van der Waals surface area contributed by atoms with Crippen molar-refractivity contribution in [3.05, 3.63) is 0 Å². The summed E-state index contributed by atoms with van der Waals surface area (Å²) < 4.78 is 0. The number of nitrogens with two attached hydrogens (primary N) is 6. The maximum Gasteiger partial charge on any atom is 0.326 e. The summed E-state index contributed by atoms with van der Waals surface area (Å²) in [5.41, 5.74) is 34.4. The molecule has 0 aliphatic carbocycles. The molecule has 68 heavy (non-hydrogen) atoms. The molecular weight excluding hydrogens is 881 g/mol. The van der Waals surface area contributed by atoms with Gasteiger partial charge in [-0.05, 0) is 128 Å². The lowest BCUT2D eigenvalue weighted by molar-refractivity contribution is -0.150. The number of aliphatic imine (C=N–C) groups is 1. The average Bonchev–Trinajstić information content (AvgIpc) is 3.99. The van der Waals surface area contributed by atoms with Gasteiger partial charge in [0, 0.05) is 19.6 Å². The van der Waals surface area contributed by atoms with E-state index in [0.29, 0.717) is 96.8 Å². The van der Waals surface area contributed by atoms with E-state index in [4.69, 9.17) is 34.4 Å². The van der Waals surface area contributed by atoms with Crippen molar-refractivity contribution in [1.82, 2.24) is 36.4 Å². The number of nitrogens with zero attached hydrogens (tertiary/aromatic N) is 3. The number of aliphatic carboxylic acids is 1. The van der Waals surface area contributed by atoms with Gasteiger partial charge in [0.2, 0.25) is 41.4 Å². The molecule has 2 fully saturated rings. The van der Waals surface area contributed by atoms with Gasteiger partial charge in [0.25, 0.3) is 0 Å². The van der Waals surface area contributed by atoms with Gasteiger partial charge < -0.3 is 75.9 Å². The van der Waals surface area contributed by atoms with Gasteiger partial charge in [0.05, 0.1) is 6.04 Å². The zero-order valence-electron chi connectivity index (χ0n) is 40.8. The molecule has 23 heteroatoms. The molecule has 0 aromatic carbocycles. The number of guanidine groups is 1. The van der Waals surface area contributed by atoms with Crippen LogP contribution in [-0.2, 0) is 38.4 Å². The van der Waals surface area contributed by atoms with Crippen molar-refractivity contribution < 1.29 is 43.5 Å². The fourth-order valence-corrected chi connectivity index (χ4v) is 8.46. The number of nitrogens with one attached hydrogen (secondary N) is 5. The van der Waals surface area contributed by atoms with Gasteiger partial charge in [-0.2, -0.15) is 0 Å².